The Morgan fingerprint density at radius 1 is 1.29 bits per heavy atom. The molecule has 1 aromatic heterocycles. The van der Waals surface area contributed by atoms with Crippen LogP contribution in [0.15, 0.2) is 12.4 Å². The monoisotopic (exact) mass is 430 g/mol. The fourth-order valence-corrected chi connectivity index (χ4v) is 4.00. The predicted octanol–water partition coefficient (Wildman–Crippen LogP) is 3.28. The Bertz CT molecular complexity index is 815. The van der Waals surface area contributed by atoms with Gasteiger partial charge in [-0.1, -0.05) is 0 Å². The standard InChI is InChI=1S/C22H35BN4O4/c1-20(2,3)29-19(28)26-12-9-16(10-13-26)18(8-11-24)27-15-17(14-25-27)23-30-21(4,5)22(6,7)31-23/h14-16,18H,8-10,12-13H2,1-7H3. The van der Waals surface area contributed by atoms with Crippen LogP contribution in [0.25, 0.3) is 0 Å². The van der Waals surface area contributed by atoms with Crippen molar-refractivity contribution in [2.24, 2.45) is 5.92 Å². The molecule has 1 unspecified atom stereocenters. The van der Waals surface area contributed by atoms with Gasteiger partial charge in [0.2, 0.25) is 0 Å². The van der Waals surface area contributed by atoms with Crippen LogP contribution in [0.4, 0.5) is 4.79 Å². The first-order valence-corrected chi connectivity index (χ1v) is 11.1. The van der Waals surface area contributed by atoms with Gasteiger partial charge in [-0.15, -0.1) is 0 Å². The predicted molar refractivity (Wildman–Crippen MR) is 118 cm³/mol. The molecule has 1 aromatic rings. The van der Waals surface area contributed by atoms with E-state index in [2.05, 4.69) is 11.2 Å². The van der Waals surface area contributed by atoms with Gasteiger partial charge in [0.25, 0.3) is 0 Å². The summed E-state index contributed by atoms with van der Waals surface area (Å²) in [6, 6.07) is 2.25. The Morgan fingerprint density at radius 3 is 2.39 bits per heavy atom. The van der Waals surface area contributed by atoms with E-state index in [9.17, 15) is 10.1 Å². The van der Waals surface area contributed by atoms with Gasteiger partial charge in [0.05, 0.1) is 29.7 Å². The summed E-state index contributed by atoms with van der Waals surface area (Å²) in [7, 11) is -0.476. The molecule has 2 saturated heterocycles. The number of ether oxygens (including phenoxy) is 1. The number of hydrogen-bond acceptors (Lipinski definition) is 6. The summed E-state index contributed by atoms with van der Waals surface area (Å²) >= 11 is 0. The van der Waals surface area contributed by atoms with Gasteiger partial charge >= 0.3 is 13.2 Å². The van der Waals surface area contributed by atoms with Gasteiger partial charge in [0.1, 0.15) is 5.60 Å². The Hall–Kier alpha value is -2.05. The normalized spacial score (nSPS) is 22.3. The SMILES string of the molecule is CC(C)(C)OC(=O)N1CCC(C(CC#N)n2cc(B3OC(C)(C)C(C)(C)O3)cn2)CC1. The van der Waals surface area contributed by atoms with Crippen LogP contribution in [0.1, 0.15) is 73.8 Å². The van der Waals surface area contributed by atoms with Crippen molar-refractivity contribution in [1.82, 2.24) is 14.7 Å². The molecule has 1 atom stereocenters. The lowest BCUT2D eigenvalue weighted by Crippen LogP contribution is -2.43. The summed E-state index contributed by atoms with van der Waals surface area (Å²) in [6.45, 7) is 14.9. The number of aromatic nitrogens is 2. The molecule has 0 aromatic carbocycles. The van der Waals surface area contributed by atoms with E-state index < -0.39 is 23.9 Å². The van der Waals surface area contributed by atoms with Gasteiger partial charge in [-0.25, -0.2) is 4.79 Å². The summed E-state index contributed by atoms with van der Waals surface area (Å²) in [6.07, 6.45) is 5.40. The summed E-state index contributed by atoms with van der Waals surface area (Å²) in [5.41, 5.74) is -0.482. The van der Waals surface area contributed by atoms with E-state index in [1.165, 1.54) is 0 Å². The van der Waals surface area contributed by atoms with Crippen LogP contribution < -0.4 is 5.46 Å². The maximum Gasteiger partial charge on any atom is 0.498 e. The zero-order chi connectivity index (χ0) is 23.0. The molecule has 0 aliphatic carbocycles. The lowest BCUT2D eigenvalue weighted by Gasteiger charge is -2.36. The smallest absolute Gasteiger partial charge is 0.444 e. The second-order valence-electron chi connectivity index (χ2n) is 10.6. The molecule has 0 N–H and O–H groups in total. The van der Waals surface area contributed by atoms with E-state index >= 15 is 0 Å². The van der Waals surface area contributed by atoms with Crippen molar-refractivity contribution in [3.63, 3.8) is 0 Å². The Kier molecular flexibility index (Phi) is 6.46. The van der Waals surface area contributed by atoms with E-state index in [0.29, 0.717) is 19.5 Å². The van der Waals surface area contributed by atoms with Crippen molar-refractivity contribution in [2.45, 2.75) is 90.6 Å². The lowest BCUT2D eigenvalue weighted by molar-refractivity contribution is 0.00578. The van der Waals surface area contributed by atoms with Crippen molar-refractivity contribution in [3.8, 4) is 6.07 Å². The van der Waals surface area contributed by atoms with Crippen LogP contribution in [0.5, 0.6) is 0 Å². The first kappa shape index (κ1) is 23.6. The highest BCUT2D eigenvalue weighted by molar-refractivity contribution is 6.62. The van der Waals surface area contributed by atoms with Crippen molar-refractivity contribution in [2.75, 3.05) is 13.1 Å². The molecule has 170 valence electrons. The van der Waals surface area contributed by atoms with Crippen LogP contribution in [0.2, 0.25) is 0 Å². The molecule has 2 fully saturated rings. The number of carbonyl (C=O) groups excluding carboxylic acids is 1. The summed E-state index contributed by atoms with van der Waals surface area (Å²) in [4.78, 5) is 14.1. The van der Waals surface area contributed by atoms with Gasteiger partial charge in [-0.05, 0) is 67.2 Å². The number of rotatable bonds is 4. The third-order valence-corrected chi connectivity index (χ3v) is 6.52. The molecule has 31 heavy (non-hydrogen) atoms. The molecule has 1 amide bonds. The fraction of sp³-hybridized carbons (Fsp3) is 0.773. The second kappa shape index (κ2) is 8.48. The number of likely N-dealkylation sites (tertiary alicyclic amines) is 1. The highest BCUT2D eigenvalue weighted by Gasteiger charge is 2.52. The Morgan fingerprint density at radius 2 is 1.87 bits per heavy atom. The van der Waals surface area contributed by atoms with E-state index in [-0.39, 0.29) is 18.1 Å². The first-order valence-electron chi connectivity index (χ1n) is 11.1. The molecule has 2 aliphatic heterocycles. The minimum Gasteiger partial charge on any atom is -0.444 e. The van der Waals surface area contributed by atoms with E-state index in [1.807, 2.05) is 59.3 Å². The molecule has 0 saturated carbocycles. The third kappa shape index (κ3) is 5.24. The Balaban J connectivity index is 1.66. The minimum atomic E-state index is -0.504. The third-order valence-electron chi connectivity index (χ3n) is 6.52. The summed E-state index contributed by atoms with van der Waals surface area (Å²) in [5, 5.41) is 14.0. The highest BCUT2D eigenvalue weighted by Crippen LogP contribution is 2.37. The molecule has 3 heterocycles. The average molecular weight is 430 g/mol. The van der Waals surface area contributed by atoms with Crippen LogP contribution in [-0.2, 0) is 14.0 Å². The highest BCUT2D eigenvalue weighted by atomic mass is 16.7. The molecule has 3 rings (SSSR count). The van der Waals surface area contributed by atoms with E-state index in [0.717, 1.165) is 18.3 Å². The average Bonchev–Trinajstić information content (AvgIpc) is 3.21. The first-order chi connectivity index (χ1) is 14.3. The quantitative estimate of drug-likeness (QED) is 0.681. The van der Waals surface area contributed by atoms with Crippen LogP contribution in [0.3, 0.4) is 0 Å². The molecule has 0 spiro atoms. The zero-order valence-electron chi connectivity index (χ0n) is 19.8. The zero-order valence-corrected chi connectivity index (χ0v) is 19.8. The van der Waals surface area contributed by atoms with Crippen molar-refractivity contribution in [3.05, 3.63) is 12.4 Å². The molecular formula is C22H35BN4O4. The maximum atomic E-state index is 12.3. The maximum absolute atomic E-state index is 12.3. The Labute approximate surface area is 186 Å². The number of amides is 1. The molecule has 8 nitrogen and oxygen atoms in total. The lowest BCUT2D eigenvalue weighted by atomic mass is 9.81. The number of carbonyl (C=O) groups is 1. The summed E-state index contributed by atoms with van der Waals surface area (Å²) < 4.78 is 19.6. The van der Waals surface area contributed by atoms with Gasteiger partial charge in [-0.3, -0.25) is 4.68 Å². The van der Waals surface area contributed by atoms with Gasteiger partial charge < -0.3 is 18.9 Å². The van der Waals surface area contributed by atoms with Crippen LogP contribution in [-0.4, -0.2) is 57.8 Å². The van der Waals surface area contributed by atoms with Crippen molar-refractivity contribution >= 4 is 18.7 Å². The molecule has 2 aliphatic rings. The molecular weight excluding hydrogens is 395 g/mol. The summed E-state index contributed by atoms with van der Waals surface area (Å²) in [5.74, 6) is 0.254. The van der Waals surface area contributed by atoms with Crippen molar-refractivity contribution < 1.29 is 18.8 Å². The van der Waals surface area contributed by atoms with Crippen LogP contribution >= 0.6 is 0 Å². The topological polar surface area (TPSA) is 89.6 Å². The largest absolute Gasteiger partial charge is 0.498 e. The number of piperidine rings is 1. The fourth-order valence-electron chi connectivity index (χ4n) is 4.00. The van der Waals surface area contributed by atoms with Crippen molar-refractivity contribution in [1.29, 1.82) is 5.26 Å². The number of nitrogens with zero attached hydrogens (tertiary/aromatic N) is 4. The van der Waals surface area contributed by atoms with Gasteiger partial charge in [-0.2, -0.15) is 10.4 Å². The van der Waals surface area contributed by atoms with Gasteiger partial charge in [0.15, 0.2) is 0 Å². The van der Waals surface area contributed by atoms with E-state index in [4.69, 9.17) is 14.0 Å². The molecule has 0 bridgehead atoms. The second-order valence-corrected chi connectivity index (χ2v) is 10.6. The minimum absolute atomic E-state index is 0.0537. The van der Waals surface area contributed by atoms with E-state index in [1.54, 1.807) is 11.1 Å². The van der Waals surface area contributed by atoms with Crippen LogP contribution in [0, 0.1) is 17.2 Å². The molecule has 9 heteroatoms. The van der Waals surface area contributed by atoms with Gasteiger partial charge in [0, 0.05) is 30.9 Å². The molecule has 0 radical (unpaired) electrons. The number of nitriles is 1. The number of hydrogen-bond donors (Lipinski definition) is 0.